The summed E-state index contributed by atoms with van der Waals surface area (Å²) in [6.07, 6.45) is 4.96. The molecule has 2 aliphatic rings. The first kappa shape index (κ1) is 16.0. The predicted octanol–water partition coefficient (Wildman–Crippen LogP) is 2.72. The van der Waals surface area contributed by atoms with E-state index in [4.69, 9.17) is 4.74 Å². The zero-order valence-electron chi connectivity index (χ0n) is 14.1. The first-order chi connectivity index (χ1) is 11.0. The minimum atomic E-state index is -0.581. The number of carbonyl (C=O) groups excluding carboxylic acids is 2. The summed E-state index contributed by atoms with van der Waals surface area (Å²) in [5.41, 5.74) is 1.94. The van der Waals surface area contributed by atoms with Crippen molar-refractivity contribution < 1.29 is 14.3 Å². The lowest BCUT2D eigenvalue weighted by atomic mass is 9.75. The van der Waals surface area contributed by atoms with Crippen molar-refractivity contribution in [2.24, 2.45) is 5.92 Å². The van der Waals surface area contributed by atoms with Gasteiger partial charge in [0.15, 0.2) is 0 Å². The van der Waals surface area contributed by atoms with Gasteiger partial charge in [0.1, 0.15) is 5.60 Å². The summed E-state index contributed by atoms with van der Waals surface area (Å²) >= 11 is 0. The molecular formula is C17H25N3O3. The molecule has 1 aliphatic heterocycles. The molecule has 6 nitrogen and oxygen atoms in total. The fourth-order valence-electron chi connectivity index (χ4n) is 4.02. The highest BCUT2D eigenvalue weighted by Gasteiger charge is 2.52. The van der Waals surface area contributed by atoms with Crippen molar-refractivity contribution in [3.63, 3.8) is 0 Å². The van der Waals surface area contributed by atoms with Crippen LogP contribution in [0.3, 0.4) is 0 Å². The van der Waals surface area contributed by atoms with Crippen LogP contribution in [0.1, 0.15) is 56.8 Å². The lowest BCUT2D eigenvalue weighted by Gasteiger charge is -2.36. The van der Waals surface area contributed by atoms with Gasteiger partial charge in [0.05, 0.1) is 29.4 Å². The maximum Gasteiger partial charge on any atom is 0.307 e. The Kier molecular flexibility index (Phi) is 4.17. The van der Waals surface area contributed by atoms with E-state index in [-0.39, 0.29) is 24.2 Å². The Morgan fingerprint density at radius 3 is 2.65 bits per heavy atom. The van der Waals surface area contributed by atoms with E-state index in [9.17, 15) is 9.59 Å². The summed E-state index contributed by atoms with van der Waals surface area (Å²) in [6, 6.07) is 0. The molecule has 126 valence electrons. The second kappa shape index (κ2) is 5.98. The Hall–Kier alpha value is -1.85. The molecule has 0 bridgehead atoms. The van der Waals surface area contributed by atoms with Gasteiger partial charge in [-0.05, 0) is 46.5 Å². The van der Waals surface area contributed by atoms with Crippen LogP contribution in [-0.4, -0.2) is 27.3 Å². The van der Waals surface area contributed by atoms with Gasteiger partial charge in [-0.2, -0.15) is 5.10 Å². The van der Waals surface area contributed by atoms with Crippen LogP contribution in [0.25, 0.3) is 0 Å². The quantitative estimate of drug-likeness (QED) is 0.869. The van der Waals surface area contributed by atoms with E-state index in [0.29, 0.717) is 0 Å². The highest BCUT2D eigenvalue weighted by atomic mass is 16.6. The van der Waals surface area contributed by atoms with Gasteiger partial charge in [0, 0.05) is 6.54 Å². The van der Waals surface area contributed by atoms with E-state index >= 15 is 0 Å². The Morgan fingerprint density at radius 2 is 2.04 bits per heavy atom. The fourth-order valence-corrected chi connectivity index (χ4v) is 4.02. The molecule has 2 fully saturated rings. The van der Waals surface area contributed by atoms with Gasteiger partial charge in [0.2, 0.25) is 5.91 Å². The summed E-state index contributed by atoms with van der Waals surface area (Å²) in [5.74, 6) is -0.747. The molecule has 6 heteroatoms. The van der Waals surface area contributed by atoms with Gasteiger partial charge in [-0.25, -0.2) is 0 Å². The molecule has 0 radical (unpaired) electrons. The van der Waals surface area contributed by atoms with Crippen molar-refractivity contribution in [2.45, 2.75) is 71.4 Å². The van der Waals surface area contributed by atoms with Crippen molar-refractivity contribution in [1.82, 2.24) is 9.78 Å². The topological polar surface area (TPSA) is 73.2 Å². The summed E-state index contributed by atoms with van der Waals surface area (Å²) in [6.45, 7) is 6.62. The molecular weight excluding hydrogens is 294 g/mol. The van der Waals surface area contributed by atoms with Crippen molar-refractivity contribution in [1.29, 1.82) is 0 Å². The van der Waals surface area contributed by atoms with Gasteiger partial charge < -0.3 is 10.1 Å². The van der Waals surface area contributed by atoms with E-state index < -0.39 is 5.60 Å². The van der Waals surface area contributed by atoms with Crippen LogP contribution in [0.15, 0.2) is 0 Å². The lowest BCUT2D eigenvalue weighted by Crippen LogP contribution is -2.43. The number of hydrogen-bond acceptors (Lipinski definition) is 4. The smallest absolute Gasteiger partial charge is 0.307 e. The first-order valence-corrected chi connectivity index (χ1v) is 8.53. The molecule has 1 aromatic rings. The van der Waals surface area contributed by atoms with E-state index in [1.54, 1.807) is 0 Å². The number of aryl methyl sites for hydroxylation is 2. The zero-order valence-corrected chi connectivity index (χ0v) is 14.1. The number of ether oxygens (including phenoxy) is 1. The molecule has 1 saturated carbocycles. The van der Waals surface area contributed by atoms with Gasteiger partial charge in [-0.3, -0.25) is 14.3 Å². The minimum Gasteiger partial charge on any atom is -0.458 e. The Morgan fingerprint density at radius 1 is 1.35 bits per heavy atom. The number of hydrogen-bond donors (Lipinski definition) is 1. The SMILES string of the molecule is CCn1nc(C)c(NC(=O)C2CC(=O)OC23CCCCC3)c1C. The molecule has 1 unspecified atom stereocenters. The molecule has 1 atom stereocenters. The molecule has 23 heavy (non-hydrogen) atoms. The number of anilines is 1. The summed E-state index contributed by atoms with van der Waals surface area (Å²) < 4.78 is 7.50. The van der Waals surface area contributed by atoms with Gasteiger partial charge >= 0.3 is 5.97 Å². The van der Waals surface area contributed by atoms with E-state index in [0.717, 1.165) is 55.7 Å². The third-order valence-electron chi connectivity index (χ3n) is 5.27. The molecule has 0 aromatic carbocycles. The number of nitrogens with one attached hydrogen (secondary N) is 1. The van der Waals surface area contributed by atoms with Crippen LogP contribution in [0, 0.1) is 19.8 Å². The molecule has 3 rings (SSSR count). The largest absolute Gasteiger partial charge is 0.458 e. The number of rotatable bonds is 3. The predicted molar refractivity (Wildman–Crippen MR) is 86.0 cm³/mol. The minimum absolute atomic E-state index is 0.111. The molecule has 2 heterocycles. The van der Waals surface area contributed by atoms with E-state index in [1.807, 2.05) is 25.5 Å². The van der Waals surface area contributed by atoms with Crippen molar-refractivity contribution >= 4 is 17.6 Å². The zero-order chi connectivity index (χ0) is 16.6. The third-order valence-corrected chi connectivity index (χ3v) is 5.27. The normalized spacial score (nSPS) is 23.1. The van der Waals surface area contributed by atoms with E-state index in [1.165, 1.54) is 0 Å². The van der Waals surface area contributed by atoms with E-state index in [2.05, 4.69) is 10.4 Å². The van der Waals surface area contributed by atoms with Crippen molar-refractivity contribution in [3.05, 3.63) is 11.4 Å². The number of esters is 1. The maximum absolute atomic E-state index is 12.9. The average molecular weight is 319 g/mol. The standard InChI is InChI=1S/C17H25N3O3/c1-4-20-12(3)15(11(2)19-20)18-16(22)13-10-14(21)23-17(13)8-6-5-7-9-17/h13H,4-10H2,1-3H3,(H,18,22). The fraction of sp³-hybridized carbons (Fsp3) is 0.706. The molecule has 1 N–H and O–H groups in total. The monoisotopic (exact) mass is 319 g/mol. The number of amides is 1. The number of carbonyl (C=O) groups is 2. The molecule has 1 spiro atoms. The maximum atomic E-state index is 12.9. The molecule has 1 saturated heterocycles. The Bertz CT molecular complexity index is 629. The van der Waals surface area contributed by atoms with Gasteiger partial charge in [-0.1, -0.05) is 6.42 Å². The second-order valence-electron chi connectivity index (χ2n) is 6.71. The number of aromatic nitrogens is 2. The molecule has 1 aliphatic carbocycles. The van der Waals surface area contributed by atoms with Crippen LogP contribution in [0.4, 0.5) is 5.69 Å². The van der Waals surface area contributed by atoms with Crippen LogP contribution in [0.2, 0.25) is 0 Å². The number of nitrogens with zero attached hydrogens (tertiary/aromatic N) is 2. The van der Waals surface area contributed by atoms with Gasteiger partial charge in [-0.15, -0.1) is 0 Å². The third kappa shape index (κ3) is 2.75. The van der Waals surface area contributed by atoms with Crippen LogP contribution in [-0.2, 0) is 20.9 Å². The van der Waals surface area contributed by atoms with Crippen LogP contribution < -0.4 is 5.32 Å². The molecule has 1 amide bonds. The molecule has 1 aromatic heterocycles. The average Bonchev–Trinajstić information content (AvgIpc) is 2.98. The van der Waals surface area contributed by atoms with Gasteiger partial charge in [0.25, 0.3) is 0 Å². The lowest BCUT2D eigenvalue weighted by molar-refractivity contribution is -0.153. The summed E-state index contributed by atoms with van der Waals surface area (Å²) in [7, 11) is 0. The van der Waals surface area contributed by atoms with Crippen LogP contribution in [0.5, 0.6) is 0 Å². The second-order valence-corrected chi connectivity index (χ2v) is 6.71. The highest BCUT2D eigenvalue weighted by Crippen LogP contribution is 2.44. The summed E-state index contributed by atoms with van der Waals surface area (Å²) in [5, 5.41) is 7.44. The van der Waals surface area contributed by atoms with Crippen molar-refractivity contribution in [3.8, 4) is 0 Å². The first-order valence-electron chi connectivity index (χ1n) is 8.53. The Labute approximate surface area is 136 Å². The van der Waals surface area contributed by atoms with Crippen LogP contribution >= 0.6 is 0 Å². The highest BCUT2D eigenvalue weighted by molar-refractivity contribution is 5.97. The summed E-state index contributed by atoms with van der Waals surface area (Å²) in [4.78, 5) is 24.7. The van der Waals surface area contributed by atoms with Crippen molar-refractivity contribution in [2.75, 3.05) is 5.32 Å². The Balaban J connectivity index is 1.82.